The van der Waals surface area contributed by atoms with Crippen molar-refractivity contribution >= 4 is 18.0 Å². The second-order valence-electron chi connectivity index (χ2n) is 1.32. The standard InChI is InChI=1S/C5H8O2S/c1-4(2)5(6)7-8-3/h1H2,2-3H3. The molecule has 0 radical (unpaired) electrons. The van der Waals surface area contributed by atoms with Crippen molar-refractivity contribution in [1.29, 1.82) is 0 Å². The molecule has 0 aliphatic carbocycles. The van der Waals surface area contributed by atoms with E-state index in [1.165, 1.54) is 0 Å². The normalized spacial score (nSPS) is 8.25. The lowest BCUT2D eigenvalue weighted by Crippen LogP contribution is -1.97. The van der Waals surface area contributed by atoms with Crippen molar-refractivity contribution in [2.75, 3.05) is 6.26 Å². The van der Waals surface area contributed by atoms with E-state index in [4.69, 9.17) is 0 Å². The first-order valence-electron chi connectivity index (χ1n) is 2.09. The molecule has 0 aliphatic heterocycles. The minimum absolute atomic E-state index is 0.350. The van der Waals surface area contributed by atoms with Crippen molar-refractivity contribution < 1.29 is 8.98 Å². The molecule has 0 amide bonds. The van der Waals surface area contributed by atoms with Gasteiger partial charge < -0.3 is 4.18 Å². The SMILES string of the molecule is C=C(C)C(=O)OSC. The molecule has 0 heterocycles. The van der Waals surface area contributed by atoms with Crippen molar-refractivity contribution in [2.45, 2.75) is 6.92 Å². The van der Waals surface area contributed by atoms with E-state index in [0.717, 1.165) is 12.0 Å². The van der Waals surface area contributed by atoms with Gasteiger partial charge in [0, 0.05) is 11.8 Å². The molecule has 0 fully saturated rings. The molecule has 0 aromatic rings. The Hall–Kier alpha value is -0.440. The molecule has 0 N–H and O–H groups in total. The highest BCUT2D eigenvalue weighted by molar-refractivity contribution is 7.94. The topological polar surface area (TPSA) is 26.3 Å². The van der Waals surface area contributed by atoms with Crippen LogP contribution in [0.1, 0.15) is 6.92 Å². The predicted octanol–water partition coefficient (Wildman–Crippen LogP) is 1.38. The molecule has 0 rings (SSSR count). The average molecular weight is 132 g/mol. The van der Waals surface area contributed by atoms with Crippen LogP contribution in [-0.2, 0) is 8.98 Å². The first kappa shape index (κ1) is 7.56. The van der Waals surface area contributed by atoms with Crippen LogP contribution >= 0.6 is 12.0 Å². The Balaban J connectivity index is 3.49. The molecule has 46 valence electrons. The van der Waals surface area contributed by atoms with E-state index in [-0.39, 0.29) is 5.97 Å². The molecule has 0 saturated heterocycles. The van der Waals surface area contributed by atoms with Gasteiger partial charge >= 0.3 is 5.97 Å². The molecular formula is C5H8O2S. The second-order valence-corrected chi connectivity index (χ2v) is 1.82. The lowest BCUT2D eigenvalue weighted by Gasteiger charge is -1.94. The summed E-state index contributed by atoms with van der Waals surface area (Å²) in [5.41, 5.74) is 0.430. The zero-order valence-electron chi connectivity index (χ0n) is 4.93. The summed E-state index contributed by atoms with van der Waals surface area (Å²) in [6.45, 7) is 5.00. The van der Waals surface area contributed by atoms with Gasteiger partial charge in [-0.1, -0.05) is 6.58 Å². The van der Waals surface area contributed by atoms with Crippen molar-refractivity contribution in [2.24, 2.45) is 0 Å². The van der Waals surface area contributed by atoms with Gasteiger partial charge in [0.15, 0.2) is 0 Å². The average Bonchev–Trinajstić information content (AvgIpc) is 1.67. The van der Waals surface area contributed by atoms with Gasteiger partial charge in [0.1, 0.15) is 0 Å². The Labute approximate surface area is 53.1 Å². The van der Waals surface area contributed by atoms with Crippen LogP contribution in [0.25, 0.3) is 0 Å². The maximum Gasteiger partial charge on any atom is 0.345 e. The van der Waals surface area contributed by atoms with Gasteiger partial charge in [-0.3, -0.25) is 0 Å². The van der Waals surface area contributed by atoms with Crippen LogP contribution in [0, 0.1) is 0 Å². The van der Waals surface area contributed by atoms with Crippen LogP contribution in [-0.4, -0.2) is 12.2 Å². The van der Waals surface area contributed by atoms with Crippen molar-refractivity contribution in [3.05, 3.63) is 12.2 Å². The van der Waals surface area contributed by atoms with Gasteiger partial charge in [-0.2, -0.15) is 0 Å². The number of carbonyl (C=O) groups is 1. The van der Waals surface area contributed by atoms with Gasteiger partial charge in [0.25, 0.3) is 0 Å². The fourth-order valence-electron chi connectivity index (χ4n) is 0.147. The first-order valence-corrected chi connectivity index (χ1v) is 3.24. The highest BCUT2D eigenvalue weighted by atomic mass is 32.2. The third-order valence-corrected chi connectivity index (χ3v) is 0.826. The monoisotopic (exact) mass is 132 g/mol. The van der Waals surface area contributed by atoms with E-state index >= 15 is 0 Å². The molecule has 0 spiro atoms. The second kappa shape index (κ2) is 3.55. The Kier molecular flexibility index (Phi) is 3.35. The summed E-state index contributed by atoms with van der Waals surface area (Å²) in [4.78, 5) is 10.4. The number of hydrogen-bond acceptors (Lipinski definition) is 3. The van der Waals surface area contributed by atoms with E-state index in [0.29, 0.717) is 5.57 Å². The molecule has 0 aromatic carbocycles. The lowest BCUT2D eigenvalue weighted by atomic mass is 10.4. The quantitative estimate of drug-likeness (QED) is 0.419. The zero-order chi connectivity index (χ0) is 6.57. The maximum atomic E-state index is 10.4. The fourth-order valence-corrected chi connectivity index (χ4v) is 0.440. The lowest BCUT2D eigenvalue weighted by molar-refractivity contribution is -0.128. The van der Waals surface area contributed by atoms with E-state index in [9.17, 15) is 4.79 Å². The van der Waals surface area contributed by atoms with Crippen molar-refractivity contribution in [1.82, 2.24) is 0 Å². The van der Waals surface area contributed by atoms with Crippen molar-refractivity contribution in [3.63, 3.8) is 0 Å². The van der Waals surface area contributed by atoms with E-state index in [1.807, 2.05) is 0 Å². The summed E-state index contributed by atoms with van der Waals surface area (Å²) in [7, 11) is 0. The van der Waals surface area contributed by atoms with E-state index < -0.39 is 0 Å². The molecule has 0 aliphatic rings. The molecule has 0 unspecified atom stereocenters. The number of carbonyl (C=O) groups excluding carboxylic acids is 1. The summed E-state index contributed by atoms with van der Waals surface area (Å²) in [6, 6.07) is 0. The van der Waals surface area contributed by atoms with E-state index in [1.54, 1.807) is 13.2 Å². The molecule has 3 heteroatoms. The molecule has 0 atom stereocenters. The van der Waals surface area contributed by atoms with Crippen molar-refractivity contribution in [3.8, 4) is 0 Å². The van der Waals surface area contributed by atoms with Gasteiger partial charge in [-0.05, 0) is 6.92 Å². The minimum atomic E-state index is -0.350. The number of hydrogen-bond donors (Lipinski definition) is 0. The molecular weight excluding hydrogens is 124 g/mol. The zero-order valence-corrected chi connectivity index (χ0v) is 5.75. The van der Waals surface area contributed by atoms with Gasteiger partial charge in [-0.15, -0.1) is 0 Å². The Bertz CT molecular complexity index is 109. The minimum Gasteiger partial charge on any atom is -0.388 e. The summed E-state index contributed by atoms with van der Waals surface area (Å²) in [5, 5.41) is 0. The highest BCUT2D eigenvalue weighted by Gasteiger charge is 1.99. The Morgan fingerprint density at radius 1 is 1.75 bits per heavy atom. The molecule has 8 heavy (non-hydrogen) atoms. The largest absolute Gasteiger partial charge is 0.388 e. The molecule has 2 nitrogen and oxygen atoms in total. The summed E-state index contributed by atoms with van der Waals surface area (Å²) in [5.74, 6) is -0.350. The molecule has 0 bridgehead atoms. The van der Waals surface area contributed by atoms with Gasteiger partial charge in [0.2, 0.25) is 0 Å². The number of rotatable bonds is 2. The summed E-state index contributed by atoms with van der Waals surface area (Å²) < 4.78 is 4.48. The third-order valence-electron chi connectivity index (χ3n) is 0.507. The van der Waals surface area contributed by atoms with Crippen LogP contribution in [0.2, 0.25) is 0 Å². The Morgan fingerprint density at radius 3 is 2.38 bits per heavy atom. The van der Waals surface area contributed by atoms with E-state index in [2.05, 4.69) is 10.8 Å². The molecule has 0 saturated carbocycles. The maximum absolute atomic E-state index is 10.4. The summed E-state index contributed by atoms with van der Waals surface area (Å²) >= 11 is 1.03. The molecule has 0 aromatic heterocycles. The third kappa shape index (κ3) is 2.69. The fraction of sp³-hybridized carbons (Fsp3) is 0.400. The predicted molar refractivity (Wildman–Crippen MR) is 34.4 cm³/mol. The van der Waals surface area contributed by atoms with Gasteiger partial charge in [0.05, 0.1) is 12.0 Å². The van der Waals surface area contributed by atoms with Gasteiger partial charge in [-0.25, -0.2) is 4.79 Å². The van der Waals surface area contributed by atoms with Crippen LogP contribution in [0.3, 0.4) is 0 Å². The van der Waals surface area contributed by atoms with Crippen LogP contribution in [0.4, 0.5) is 0 Å². The smallest absolute Gasteiger partial charge is 0.345 e. The summed E-state index contributed by atoms with van der Waals surface area (Å²) in [6.07, 6.45) is 1.68. The highest BCUT2D eigenvalue weighted by Crippen LogP contribution is 2.00. The van der Waals surface area contributed by atoms with Crippen LogP contribution in [0.5, 0.6) is 0 Å². The first-order chi connectivity index (χ1) is 3.68. The van der Waals surface area contributed by atoms with Crippen LogP contribution < -0.4 is 0 Å². The Morgan fingerprint density at radius 2 is 2.25 bits per heavy atom. The van der Waals surface area contributed by atoms with Crippen LogP contribution in [0.15, 0.2) is 12.2 Å².